The number of fused-ring (bicyclic) bond motifs is 1. The maximum Gasteiger partial charge on any atom is 0.0462 e. The Hall–Kier alpha value is -0.880. The molecule has 1 saturated carbocycles. The van der Waals surface area contributed by atoms with Gasteiger partial charge in [0.05, 0.1) is 0 Å². The standard InChI is InChI=1S/C9H14N2/c1-2-5-9-8(4-1)10-6-3-7-11-9/h6-11H,1-2,4-5H2. The van der Waals surface area contributed by atoms with E-state index in [-0.39, 0.29) is 0 Å². The van der Waals surface area contributed by atoms with E-state index in [4.69, 9.17) is 0 Å². The van der Waals surface area contributed by atoms with Gasteiger partial charge in [0.2, 0.25) is 0 Å². The first-order valence-electron chi connectivity index (χ1n) is 4.38. The van der Waals surface area contributed by atoms with Gasteiger partial charge in [0.15, 0.2) is 0 Å². The Labute approximate surface area is 67.4 Å². The molecule has 11 heavy (non-hydrogen) atoms. The van der Waals surface area contributed by atoms with Crippen LogP contribution >= 0.6 is 0 Å². The van der Waals surface area contributed by atoms with Crippen LogP contribution < -0.4 is 10.6 Å². The minimum atomic E-state index is 0.634. The fraction of sp³-hybridized carbons (Fsp3) is 0.667. The lowest BCUT2D eigenvalue weighted by Crippen LogP contribution is -2.45. The van der Waals surface area contributed by atoms with Crippen LogP contribution in [0.1, 0.15) is 25.7 Å². The Bertz CT molecular complexity index is 174. The van der Waals surface area contributed by atoms with Crippen LogP contribution in [-0.2, 0) is 0 Å². The predicted molar refractivity (Wildman–Crippen MR) is 45.0 cm³/mol. The SMILES string of the molecule is C1=CNC2CCCCC2NC=1. The molecule has 1 heterocycles. The van der Waals surface area contributed by atoms with Crippen molar-refractivity contribution in [1.82, 2.24) is 10.6 Å². The lowest BCUT2D eigenvalue weighted by Gasteiger charge is -2.30. The van der Waals surface area contributed by atoms with E-state index < -0.39 is 0 Å². The molecule has 2 rings (SSSR count). The zero-order valence-corrected chi connectivity index (χ0v) is 6.64. The zero-order valence-electron chi connectivity index (χ0n) is 6.64. The van der Waals surface area contributed by atoms with E-state index in [9.17, 15) is 0 Å². The van der Waals surface area contributed by atoms with E-state index in [1.165, 1.54) is 25.7 Å². The van der Waals surface area contributed by atoms with Crippen molar-refractivity contribution in [3.63, 3.8) is 0 Å². The van der Waals surface area contributed by atoms with Gasteiger partial charge in [-0.05, 0) is 12.8 Å². The molecule has 2 N–H and O–H groups in total. The van der Waals surface area contributed by atoms with Crippen molar-refractivity contribution in [2.24, 2.45) is 0 Å². The van der Waals surface area contributed by atoms with Crippen LogP contribution in [-0.4, -0.2) is 12.1 Å². The average molecular weight is 150 g/mol. The van der Waals surface area contributed by atoms with Gasteiger partial charge in [-0.1, -0.05) is 18.6 Å². The molecule has 0 bridgehead atoms. The van der Waals surface area contributed by atoms with Crippen LogP contribution in [0, 0.1) is 0 Å². The van der Waals surface area contributed by atoms with Crippen LogP contribution in [0.25, 0.3) is 0 Å². The van der Waals surface area contributed by atoms with Gasteiger partial charge in [0.25, 0.3) is 0 Å². The highest BCUT2D eigenvalue weighted by molar-refractivity contribution is 4.97. The monoisotopic (exact) mass is 150 g/mol. The minimum Gasteiger partial charge on any atom is -0.380 e. The molecule has 2 nitrogen and oxygen atoms in total. The van der Waals surface area contributed by atoms with E-state index in [0.717, 1.165) is 0 Å². The van der Waals surface area contributed by atoms with Crippen molar-refractivity contribution in [2.75, 3.05) is 0 Å². The fourth-order valence-corrected chi connectivity index (χ4v) is 1.88. The normalized spacial score (nSPS) is 34.9. The summed E-state index contributed by atoms with van der Waals surface area (Å²) in [6.45, 7) is 0. The summed E-state index contributed by atoms with van der Waals surface area (Å²) in [6.07, 6.45) is 9.16. The maximum absolute atomic E-state index is 3.35. The van der Waals surface area contributed by atoms with Crippen molar-refractivity contribution in [1.29, 1.82) is 0 Å². The summed E-state index contributed by atoms with van der Waals surface area (Å²) in [5, 5.41) is 6.71. The highest BCUT2D eigenvalue weighted by Crippen LogP contribution is 2.18. The lowest BCUT2D eigenvalue weighted by atomic mass is 9.91. The van der Waals surface area contributed by atoms with Crippen molar-refractivity contribution >= 4 is 0 Å². The van der Waals surface area contributed by atoms with Gasteiger partial charge < -0.3 is 10.6 Å². The summed E-state index contributed by atoms with van der Waals surface area (Å²) in [7, 11) is 0. The van der Waals surface area contributed by atoms with Gasteiger partial charge in [0.1, 0.15) is 0 Å². The van der Waals surface area contributed by atoms with Gasteiger partial charge in [-0.15, -0.1) is 0 Å². The Balaban J connectivity index is 2.04. The molecule has 0 spiro atoms. The molecular formula is C9H14N2. The second-order valence-corrected chi connectivity index (χ2v) is 3.29. The zero-order chi connectivity index (χ0) is 7.52. The Kier molecular flexibility index (Phi) is 1.87. The first kappa shape index (κ1) is 6.81. The Morgan fingerprint density at radius 2 is 1.55 bits per heavy atom. The number of rotatable bonds is 0. The smallest absolute Gasteiger partial charge is 0.0462 e. The molecule has 0 aromatic rings. The van der Waals surface area contributed by atoms with Crippen LogP contribution in [0.5, 0.6) is 0 Å². The lowest BCUT2D eigenvalue weighted by molar-refractivity contribution is 0.327. The molecule has 60 valence electrons. The molecule has 0 amide bonds. The van der Waals surface area contributed by atoms with Crippen molar-refractivity contribution in [2.45, 2.75) is 37.8 Å². The average Bonchev–Trinajstić information content (AvgIpc) is 2.28. The summed E-state index contributed by atoms with van der Waals surface area (Å²) < 4.78 is 0. The summed E-state index contributed by atoms with van der Waals surface area (Å²) in [4.78, 5) is 0. The van der Waals surface area contributed by atoms with Gasteiger partial charge in [-0.2, -0.15) is 0 Å². The Morgan fingerprint density at radius 1 is 1.00 bits per heavy atom. The molecule has 1 fully saturated rings. The van der Waals surface area contributed by atoms with Crippen LogP contribution in [0.15, 0.2) is 18.1 Å². The third-order valence-corrected chi connectivity index (χ3v) is 2.53. The molecule has 1 aliphatic heterocycles. The molecule has 2 unspecified atom stereocenters. The molecule has 0 radical (unpaired) electrons. The highest BCUT2D eigenvalue weighted by atomic mass is 15.0. The van der Waals surface area contributed by atoms with Crippen molar-refractivity contribution in [3.8, 4) is 0 Å². The quantitative estimate of drug-likeness (QED) is 0.506. The summed E-state index contributed by atoms with van der Waals surface area (Å²) in [5.74, 6) is 0. The summed E-state index contributed by atoms with van der Waals surface area (Å²) in [5.41, 5.74) is 3.03. The van der Waals surface area contributed by atoms with E-state index in [1.807, 2.05) is 12.4 Å². The first-order chi connectivity index (χ1) is 5.47. The third-order valence-electron chi connectivity index (χ3n) is 2.53. The predicted octanol–water partition coefficient (Wildman–Crippen LogP) is 1.12. The number of hydrogen-bond acceptors (Lipinski definition) is 2. The molecule has 2 atom stereocenters. The second kappa shape index (κ2) is 3.02. The fourth-order valence-electron chi connectivity index (χ4n) is 1.88. The summed E-state index contributed by atoms with van der Waals surface area (Å²) in [6, 6.07) is 1.27. The topological polar surface area (TPSA) is 24.1 Å². The largest absolute Gasteiger partial charge is 0.380 e. The van der Waals surface area contributed by atoms with E-state index in [2.05, 4.69) is 16.4 Å². The van der Waals surface area contributed by atoms with Gasteiger partial charge in [-0.25, -0.2) is 0 Å². The molecule has 1 aliphatic carbocycles. The highest BCUT2D eigenvalue weighted by Gasteiger charge is 2.23. The number of hydrogen-bond donors (Lipinski definition) is 2. The van der Waals surface area contributed by atoms with Crippen molar-refractivity contribution in [3.05, 3.63) is 18.1 Å². The van der Waals surface area contributed by atoms with Crippen molar-refractivity contribution < 1.29 is 0 Å². The first-order valence-corrected chi connectivity index (χ1v) is 4.38. The van der Waals surface area contributed by atoms with Crippen LogP contribution in [0.2, 0.25) is 0 Å². The third kappa shape index (κ3) is 1.41. The minimum absolute atomic E-state index is 0.634. The van der Waals surface area contributed by atoms with Gasteiger partial charge >= 0.3 is 0 Å². The van der Waals surface area contributed by atoms with E-state index in [1.54, 1.807) is 0 Å². The van der Waals surface area contributed by atoms with Crippen LogP contribution in [0.4, 0.5) is 0 Å². The molecule has 0 aromatic heterocycles. The molecule has 0 aromatic carbocycles. The molecule has 0 saturated heterocycles. The number of nitrogens with one attached hydrogen (secondary N) is 2. The maximum atomic E-state index is 3.35. The van der Waals surface area contributed by atoms with Gasteiger partial charge in [-0.3, -0.25) is 0 Å². The molecular weight excluding hydrogens is 136 g/mol. The van der Waals surface area contributed by atoms with Crippen LogP contribution in [0.3, 0.4) is 0 Å². The summed E-state index contributed by atoms with van der Waals surface area (Å²) >= 11 is 0. The Morgan fingerprint density at radius 3 is 2.09 bits per heavy atom. The molecule has 2 heteroatoms. The van der Waals surface area contributed by atoms with E-state index in [0.29, 0.717) is 12.1 Å². The van der Waals surface area contributed by atoms with E-state index >= 15 is 0 Å². The molecule has 2 aliphatic rings. The second-order valence-electron chi connectivity index (χ2n) is 3.29. The van der Waals surface area contributed by atoms with Gasteiger partial charge in [0, 0.05) is 24.5 Å².